The van der Waals surface area contributed by atoms with Gasteiger partial charge in [0, 0.05) is 0 Å². The number of hydrogen-bond acceptors (Lipinski definition) is 3. The lowest BCUT2D eigenvalue weighted by atomic mass is 10.2. The molecule has 0 spiro atoms. The van der Waals surface area contributed by atoms with E-state index in [1.807, 2.05) is 13.8 Å². The molecule has 0 radical (unpaired) electrons. The summed E-state index contributed by atoms with van der Waals surface area (Å²) in [5, 5.41) is 8.15. The Morgan fingerprint density at radius 3 is 1.93 bits per heavy atom. The topological polar surface area (TPSA) is 63.6 Å². The molecule has 0 aromatic rings. The number of aliphatic carboxylic acids is 1. The third kappa shape index (κ3) is 19.4. The molecule has 0 atom stereocenters. The van der Waals surface area contributed by atoms with Gasteiger partial charge in [0.15, 0.2) is 0 Å². The number of hydrogen-bond donors (Lipinski definition) is 1. The Balaban J connectivity index is 0. The molecule has 0 bridgehead atoms. The number of rotatable bonds is 5. The van der Waals surface area contributed by atoms with Gasteiger partial charge in [0.1, 0.15) is 6.42 Å². The van der Waals surface area contributed by atoms with Crippen molar-refractivity contribution in [2.45, 2.75) is 47.0 Å². The first-order valence-electron chi connectivity index (χ1n) is 5.31. The zero-order valence-electron chi connectivity index (χ0n) is 10.1. The van der Waals surface area contributed by atoms with Crippen molar-refractivity contribution in [1.29, 1.82) is 0 Å². The first kappa shape index (κ1) is 16.4. The van der Waals surface area contributed by atoms with Crippen molar-refractivity contribution in [3.05, 3.63) is 0 Å². The molecule has 0 aliphatic carbocycles. The van der Waals surface area contributed by atoms with E-state index in [-0.39, 0.29) is 12.5 Å². The van der Waals surface area contributed by atoms with Gasteiger partial charge in [0.25, 0.3) is 0 Å². The van der Waals surface area contributed by atoms with Crippen LogP contribution in [0.4, 0.5) is 0 Å². The number of carbonyl (C=O) groups is 2. The number of carboxylic acids is 1. The Hall–Kier alpha value is -1.06. The van der Waals surface area contributed by atoms with E-state index in [0.29, 0.717) is 0 Å². The van der Waals surface area contributed by atoms with Crippen LogP contribution in [0.2, 0.25) is 0 Å². The maximum Gasteiger partial charge on any atom is 0.317 e. The number of unbranched alkanes of at least 4 members (excludes halogenated alkanes) is 1. The van der Waals surface area contributed by atoms with Crippen LogP contribution in [0.1, 0.15) is 47.0 Å². The molecule has 0 aliphatic heterocycles. The van der Waals surface area contributed by atoms with E-state index in [0.717, 1.165) is 0 Å². The van der Waals surface area contributed by atoms with Crippen molar-refractivity contribution in [2.75, 3.05) is 6.61 Å². The zero-order chi connectivity index (χ0) is 12.3. The summed E-state index contributed by atoms with van der Waals surface area (Å²) in [6, 6.07) is 0. The standard InChI is InChI=1S/C7H12O4.C4H10/c1-5(2)4-11-7(10)3-6(8)9;1-3-4-2/h5H,3-4H2,1-2H3,(H,8,9);3-4H2,1-2H3. The summed E-state index contributed by atoms with van der Waals surface area (Å²) >= 11 is 0. The maximum atomic E-state index is 10.6. The summed E-state index contributed by atoms with van der Waals surface area (Å²) in [6.45, 7) is 8.41. The zero-order valence-corrected chi connectivity index (χ0v) is 10.1. The van der Waals surface area contributed by atoms with Gasteiger partial charge in [-0.25, -0.2) is 0 Å². The van der Waals surface area contributed by atoms with Crippen molar-refractivity contribution < 1.29 is 19.4 Å². The van der Waals surface area contributed by atoms with Gasteiger partial charge in [0.2, 0.25) is 0 Å². The summed E-state index contributed by atoms with van der Waals surface area (Å²) in [5.74, 6) is -1.59. The van der Waals surface area contributed by atoms with Gasteiger partial charge >= 0.3 is 11.9 Å². The fourth-order valence-electron chi connectivity index (χ4n) is 0.434. The third-order valence-electron chi connectivity index (χ3n) is 1.37. The highest BCUT2D eigenvalue weighted by Crippen LogP contribution is 1.94. The van der Waals surface area contributed by atoms with Crippen LogP contribution >= 0.6 is 0 Å². The second-order valence-electron chi connectivity index (χ2n) is 3.65. The monoisotopic (exact) mass is 218 g/mol. The highest BCUT2D eigenvalue weighted by atomic mass is 16.5. The minimum Gasteiger partial charge on any atom is -0.481 e. The predicted molar refractivity (Wildman–Crippen MR) is 58.6 cm³/mol. The normalized spacial score (nSPS) is 9.13. The van der Waals surface area contributed by atoms with Gasteiger partial charge in [-0.15, -0.1) is 0 Å². The van der Waals surface area contributed by atoms with Gasteiger partial charge in [-0.2, -0.15) is 0 Å². The number of esters is 1. The highest BCUT2D eigenvalue weighted by Gasteiger charge is 2.08. The summed E-state index contributed by atoms with van der Waals surface area (Å²) in [4.78, 5) is 20.5. The first-order valence-corrected chi connectivity index (χ1v) is 5.31. The Morgan fingerprint density at radius 1 is 1.20 bits per heavy atom. The molecule has 90 valence electrons. The van der Waals surface area contributed by atoms with Crippen LogP contribution in [0.3, 0.4) is 0 Å². The van der Waals surface area contributed by atoms with Crippen molar-refractivity contribution in [1.82, 2.24) is 0 Å². The first-order chi connectivity index (χ1) is 6.93. The van der Waals surface area contributed by atoms with Crippen molar-refractivity contribution in [3.8, 4) is 0 Å². The molecule has 0 aromatic carbocycles. The highest BCUT2D eigenvalue weighted by molar-refractivity contribution is 5.90. The smallest absolute Gasteiger partial charge is 0.317 e. The Bertz CT molecular complexity index is 173. The molecular weight excluding hydrogens is 196 g/mol. The summed E-state index contributed by atoms with van der Waals surface area (Å²) in [5.41, 5.74) is 0. The summed E-state index contributed by atoms with van der Waals surface area (Å²) in [6.07, 6.45) is 2.09. The fraction of sp³-hybridized carbons (Fsp3) is 0.818. The van der Waals surface area contributed by atoms with Crippen LogP contribution in [-0.4, -0.2) is 23.7 Å². The maximum absolute atomic E-state index is 10.6. The van der Waals surface area contributed by atoms with E-state index in [4.69, 9.17) is 5.11 Å². The van der Waals surface area contributed by atoms with Crippen LogP contribution in [0.5, 0.6) is 0 Å². The van der Waals surface area contributed by atoms with Crippen LogP contribution in [-0.2, 0) is 14.3 Å². The molecule has 4 nitrogen and oxygen atoms in total. The molecule has 0 amide bonds. The lowest BCUT2D eigenvalue weighted by Crippen LogP contribution is -2.13. The van der Waals surface area contributed by atoms with Crippen LogP contribution in [0, 0.1) is 5.92 Å². The molecule has 1 N–H and O–H groups in total. The molecule has 4 heteroatoms. The summed E-state index contributed by atoms with van der Waals surface area (Å²) < 4.78 is 4.59. The van der Waals surface area contributed by atoms with Crippen LogP contribution < -0.4 is 0 Å². The minimum atomic E-state index is -1.15. The number of carboxylic acid groups (broad SMARTS) is 1. The molecule has 0 saturated heterocycles. The molecule has 15 heavy (non-hydrogen) atoms. The molecule has 0 heterocycles. The van der Waals surface area contributed by atoms with Gasteiger partial charge in [-0.05, 0) is 5.92 Å². The van der Waals surface area contributed by atoms with Crippen LogP contribution in [0.15, 0.2) is 0 Å². The fourth-order valence-corrected chi connectivity index (χ4v) is 0.434. The lowest BCUT2D eigenvalue weighted by Gasteiger charge is -2.04. The molecule has 0 aromatic heterocycles. The third-order valence-corrected chi connectivity index (χ3v) is 1.37. The van der Waals surface area contributed by atoms with Crippen LogP contribution in [0.25, 0.3) is 0 Å². The molecule has 0 rings (SSSR count). The van der Waals surface area contributed by atoms with E-state index < -0.39 is 18.4 Å². The Kier molecular flexibility index (Phi) is 12.0. The number of carbonyl (C=O) groups excluding carboxylic acids is 1. The van der Waals surface area contributed by atoms with Gasteiger partial charge in [0.05, 0.1) is 6.61 Å². The average molecular weight is 218 g/mol. The molecular formula is C11H22O4. The van der Waals surface area contributed by atoms with Crippen molar-refractivity contribution >= 4 is 11.9 Å². The van der Waals surface area contributed by atoms with Gasteiger partial charge in [-0.1, -0.05) is 40.5 Å². The molecule has 0 saturated carbocycles. The van der Waals surface area contributed by atoms with E-state index in [2.05, 4.69) is 18.6 Å². The SMILES string of the molecule is CC(C)COC(=O)CC(=O)O.CCCC. The van der Waals surface area contributed by atoms with E-state index in [1.165, 1.54) is 12.8 Å². The molecule has 0 fully saturated rings. The van der Waals surface area contributed by atoms with Gasteiger partial charge in [-0.3, -0.25) is 9.59 Å². The van der Waals surface area contributed by atoms with Crippen molar-refractivity contribution in [2.24, 2.45) is 5.92 Å². The minimum absolute atomic E-state index is 0.243. The van der Waals surface area contributed by atoms with E-state index >= 15 is 0 Å². The largest absolute Gasteiger partial charge is 0.481 e. The average Bonchev–Trinajstić information content (AvgIpc) is 2.14. The van der Waals surface area contributed by atoms with Crippen molar-refractivity contribution in [3.63, 3.8) is 0 Å². The second-order valence-corrected chi connectivity index (χ2v) is 3.65. The number of ether oxygens (including phenoxy) is 1. The predicted octanol–water partition coefficient (Wildman–Crippen LogP) is 2.47. The second kappa shape index (κ2) is 11.0. The quantitative estimate of drug-likeness (QED) is 0.568. The summed E-state index contributed by atoms with van der Waals surface area (Å²) in [7, 11) is 0. The lowest BCUT2D eigenvalue weighted by molar-refractivity contribution is -0.152. The Labute approximate surface area is 91.6 Å². The molecule has 0 aliphatic rings. The molecule has 0 unspecified atom stereocenters. The van der Waals surface area contributed by atoms with E-state index in [9.17, 15) is 9.59 Å². The van der Waals surface area contributed by atoms with Gasteiger partial charge < -0.3 is 9.84 Å². The van der Waals surface area contributed by atoms with E-state index in [1.54, 1.807) is 0 Å². The Morgan fingerprint density at radius 2 is 1.67 bits per heavy atom.